The lowest BCUT2D eigenvalue weighted by atomic mass is 9.83. The first kappa shape index (κ1) is 21.5. The highest BCUT2D eigenvalue weighted by Crippen LogP contribution is 2.58. The molecule has 36 heavy (non-hydrogen) atoms. The van der Waals surface area contributed by atoms with Gasteiger partial charge in [-0.25, -0.2) is 4.98 Å². The first-order chi connectivity index (χ1) is 17.4. The highest BCUT2D eigenvalue weighted by molar-refractivity contribution is 6.10. The number of aromatic nitrogens is 1. The number of furan rings is 1. The van der Waals surface area contributed by atoms with Gasteiger partial charge in [0, 0.05) is 22.4 Å². The summed E-state index contributed by atoms with van der Waals surface area (Å²) in [6.07, 6.45) is 0.0968. The van der Waals surface area contributed by atoms with Crippen LogP contribution in [0, 0.1) is 13.8 Å². The van der Waals surface area contributed by atoms with Crippen LogP contribution in [0.3, 0.4) is 0 Å². The standard InChI is InChI=1S/C32H31N3O/c1-17(2)22-9-7-10-23-20(5)24-11-8-12-27-30(24)35(29(22)23)21(6)34(27)28-18(3)13-15-25-26-16-14-19(4)33-32(26)36-31(25)28/h7-17,20-21H,1-6H3/t20?,21-/m1/s1. The third kappa shape index (κ3) is 2.67. The summed E-state index contributed by atoms with van der Waals surface area (Å²) in [7, 11) is 0. The molecule has 0 saturated carbocycles. The topological polar surface area (TPSA) is 32.5 Å². The van der Waals surface area contributed by atoms with Gasteiger partial charge in [-0.1, -0.05) is 63.2 Å². The van der Waals surface area contributed by atoms with Crippen molar-refractivity contribution in [2.45, 2.75) is 59.5 Å². The van der Waals surface area contributed by atoms with Crippen LogP contribution >= 0.6 is 0 Å². The lowest BCUT2D eigenvalue weighted by Crippen LogP contribution is -2.38. The van der Waals surface area contributed by atoms with Gasteiger partial charge in [-0.3, -0.25) is 0 Å². The number of aryl methyl sites for hydroxylation is 2. The Morgan fingerprint density at radius 2 is 1.50 bits per heavy atom. The number of hydrogen-bond donors (Lipinski definition) is 0. The van der Waals surface area contributed by atoms with Crippen molar-refractivity contribution >= 4 is 44.8 Å². The Bertz CT molecular complexity index is 1700. The molecule has 0 bridgehead atoms. The molecule has 0 aliphatic carbocycles. The maximum atomic E-state index is 6.52. The molecule has 180 valence electrons. The number of hydrogen-bond acceptors (Lipinski definition) is 4. The molecule has 5 aromatic rings. The van der Waals surface area contributed by atoms with Crippen LogP contribution in [0.5, 0.6) is 0 Å². The summed E-state index contributed by atoms with van der Waals surface area (Å²) < 4.78 is 6.52. The van der Waals surface area contributed by atoms with Gasteiger partial charge >= 0.3 is 0 Å². The van der Waals surface area contributed by atoms with Gasteiger partial charge in [0.25, 0.3) is 0 Å². The van der Waals surface area contributed by atoms with Crippen molar-refractivity contribution in [1.82, 2.24) is 4.98 Å². The molecule has 0 N–H and O–H groups in total. The molecule has 0 saturated heterocycles. The van der Waals surface area contributed by atoms with Crippen molar-refractivity contribution in [3.63, 3.8) is 0 Å². The zero-order valence-corrected chi connectivity index (χ0v) is 21.8. The van der Waals surface area contributed by atoms with E-state index in [4.69, 9.17) is 9.40 Å². The quantitative estimate of drug-likeness (QED) is 0.256. The number of pyridine rings is 1. The van der Waals surface area contributed by atoms with Gasteiger partial charge < -0.3 is 14.2 Å². The number of benzene rings is 3. The van der Waals surface area contributed by atoms with E-state index in [1.165, 1.54) is 39.3 Å². The van der Waals surface area contributed by atoms with E-state index in [-0.39, 0.29) is 6.17 Å². The predicted molar refractivity (Wildman–Crippen MR) is 149 cm³/mol. The van der Waals surface area contributed by atoms with E-state index in [1.807, 2.05) is 6.92 Å². The van der Waals surface area contributed by atoms with Crippen LogP contribution in [0.4, 0.5) is 22.7 Å². The van der Waals surface area contributed by atoms with Crippen molar-refractivity contribution in [3.05, 3.63) is 88.6 Å². The summed E-state index contributed by atoms with van der Waals surface area (Å²) in [5.41, 5.74) is 13.1. The molecule has 4 heteroatoms. The molecule has 0 amide bonds. The van der Waals surface area contributed by atoms with Gasteiger partial charge in [-0.05, 0) is 67.1 Å². The summed E-state index contributed by atoms with van der Waals surface area (Å²) in [6.45, 7) is 13.5. The van der Waals surface area contributed by atoms with E-state index in [1.54, 1.807) is 0 Å². The lowest BCUT2D eigenvalue weighted by molar-refractivity contribution is 0.647. The third-order valence-corrected chi connectivity index (χ3v) is 8.25. The zero-order valence-electron chi connectivity index (χ0n) is 21.8. The molecule has 0 radical (unpaired) electrons. The average molecular weight is 474 g/mol. The number of fused-ring (bicyclic) bond motifs is 5. The molecule has 4 nitrogen and oxygen atoms in total. The van der Waals surface area contributed by atoms with E-state index in [0.717, 1.165) is 27.7 Å². The van der Waals surface area contributed by atoms with E-state index < -0.39 is 0 Å². The summed E-state index contributed by atoms with van der Waals surface area (Å²) in [4.78, 5) is 9.78. The van der Waals surface area contributed by atoms with Gasteiger partial charge in [-0.15, -0.1) is 0 Å². The van der Waals surface area contributed by atoms with Crippen molar-refractivity contribution in [2.75, 3.05) is 9.80 Å². The van der Waals surface area contributed by atoms with E-state index >= 15 is 0 Å². The van der Waals surface area contributed by atoms with Crippen molar-refractivity contribution < 1.29 is 4.42 Å². The molecule has 0 fully saturated rings. The molecule has 2 aliphatic heterocycles. The highest BCUT2D eigenvalue weighted by Gasteiger charge is 2.43. The van der Waals surface area contributed by atoms with E-state index in [9.17, 15) is 0 Å². The summed E-state index contributed by atoms with van der Waals surface area (Å²) in [5, 5.41) is 2.19. The molecule has 1 unspecified atom stereocenters. The summed E-state index contributed by atoms with van der Waals surface area (Å²) in [5.74, 6) is 0.782. The van der Waals surface area contributed by atoms with Gasteiger partial charge in [0.2, 0.25) is 5.71 Å². The first-order valence-corrected chi connectivity index (χ1v) is 13.0. The number of para-hydroxylation sites is 2. The Labute approximate surface area is 212 Å². The van der Waals surface area contributed by atoms with Crippen molar-refractivity contribution in [3.8, 4) is 0 Å². The van der Waals surface area contributed by atoms with Crippen LogP contribution < -0.4 is 9.80 Å². The number of anilines is 4. The van der Waals surface area contributed by atoms with Crippen molar-refractivity contribution in [1.29, 1.82) is 0 Å². The Morgan fingerprint density at radius 3 is 2.28 bits per heavy atom. The first-order valence-electron chi connectivity index (χ1n) is 13.0. The fourth-order valence-corrected chi connectivity index (χ4v) is 6.50. The maximum absolute atomic E-state index is 6.52. The smallest absolute Gasteiger partial charge is 0.227 e. The molecule has 0 spiro atoms. The Morgan fingerprint density at radius 1 is 0.778 bits per heavy atom. The molecular formula is C32H31N3O. The minimum Gasteiger partial charge on any atom is -0.435 e. The fourth-order valence-electron chi connectivity index (χ4n) is 6.50. The predicted octanol–water partition coefficient (Wildman–Crippen LogP) is 8.82. The van der Waals surface area contributed by atoms with Crippen LogP contribution in [0.1, 0.15) is 67.5 Å². The van der Waals surface area contributed by atoms with Crippen LogP contribution in [-0.2, 0) is 0 Å². The SMILES string of the molecule is Cc1ccc2c(n1)oc1c(N3c4cccc5c4N(c4c(C(C)C)cccc4C5C)[C@@H]3C)c(C)ccc12. The molecule has 2 atom stereocenters. The Kier molecular flexibility index (Phi) is 4.39. The lowest BCUT2D eigenvalue weighted by Gasteiger charge is -2.38. The normalized spacial score (nSPS) is 18.4. The van der Waals surface area contributed by atoms with E-state index in [2.05, 4.69) is 105 Å². The van der Waals surface area contributed by atoms with Gasteiger partial charge in [0.15, 0.2) is 5.58 Å². The molecule has 2 aliphatic rings. The van der Waals surface area contributed by atoms with Gasteiger partial charge in [0.1, 0.15) is 6.17 Å². The molecule has 4 heterocycles. The summed E-state index contributed by atoms with van der Waals surface area (Å²) >= 11 is 0. The largest absolute Gasteiger partial charge is 0.435 e. The van der Waals surface area contributed by atoms with E-state index in [0.29, 0.717) is 17.5 Å². The van der Waals surface area contributed by atoms with Gasteiger partial charge in [-0.2, -0.15) is 0 Å². The monoisotopic (exact) mass is 473 g/mol. The van der Waals surface area contributed by atoms with Gasteiger partial charge in [0.05, 0.1) is 22.7 Å². The second-order valence-corrected chi connectivity index (χ2v) is 10.8. The molecule has 7 rings (SSSR count). The summed E-state index contributed by atoms with van der Waals surface area (Å²) in [6, 6.07) is 22.2. The van der Waals surface area contributed by atoms with Crippen molar-refractivity contribution in [2.24, 2.45) is 0 Å². The molecular weight excluding hydrogens is 442 g/mol. The Hall–Kier alpha value is -3.79. The minimum absolute atomic E-state index is 0.0968. The molecule has 2 aromatic heterocycles. The van der Waals surface area contributed by atoms with Crippen LogP contribution in [-0.4, -0.2) is 11.1 Å². The second kappa shape index (κ2) is 7.36. The van der Waals surface area contributed by atoms with Crippen LogP contribution in [0.2, 0.25) is 0 Å². The zero-order chi connectivity index (χ0) is 24.9. The Balaban J connectivity index is 1.53. The second-order valence-electron chi connectivity index (χ2n) is 10.8. The third-order valence-electron chi connectivity index (χ3n) is 8.25. The number of nitrogens with zero attached hydrogens (tertiary/aromatic N) is 3. The average Bonchev–Trinajstić information content (AvgIpc) is 3.36. The fraction of sp³-hybridized carbons (Fsp3) is 0.281. The van der Waals surface area contributed by atoms with Crippen LogP contribution in [0.25, 0.3) is 22.1 Å². The number of rotatable bonds is 2. The maximum Gasteiger partial charge on any atom is 0.227 e. The minimum atomic E-state index is 0.0968. The van der Waals surface area contributed by atoms with Crippen LogP contribution in [0.15, 0.2) is 65.1 Å². The molecule has 3 aromatic carbocycles. The highest BCUT2D eigenvalue weighted by atomic mass is 16.3.